The molecule has 2 rings (SSSR count). The Balaban J connectivity index is 2.39. The molecule has 0 atom stereocenters. The number of hydrazone groups is 1. The lowest BCUT2D eigenvalue weighted by molar-refractivity contribution is -0.394. The maximum atomic E-state index is 11.2. The molecule has 2 aromatic carbocycles. The second-order valence-corrected chi connectivity index (χ2v) is 4.78. The van der Waals surface area contributed by atoms with E-state index in [0.29, 0.717) is 11.8 Å². The summed E-state index contributed by atoms with van der Waals surface area (Å²) >= 11 is 0. The van der Waals surface area contributed by atoms with Crippen LogP contribution in [0.5, 0.6) is 0 Å². The van der Waals surface area contributed by atoms with Crippen LogP contribution in [-0.4, -0.2) is 21.0 Å². The van der Waals surface area contributed by atoms with Crippen molar-refractivity contribution >= 4 is 34.7 Å². The Morgan fingerprint density at radius 2 is 1.59 bits per heavy atom. The fraction of sp³-hybridized carbons (Fsp3) is 0. The monoisotopic (exact) mass is 372 g/mol. The highest BCUT2D eigenvalue weighted by Gasteiger charge is 2.22. The van der Waals surface area contributed by atoms with Gasteiger partial charge in [0.2, 0.25) is 0 Å². The van der Waals surface area contributed by atoms with Gasteiger partial charge in [0, 0.05) is 23.1 Å². The summed E-state index contributed by atoms with van der Waals surface area (Å²) in [4.78, 5) is 32.8. The molecule has 0 fully saturated rings. The van der Waals surface area contributed by atoms with Gasteiger partial charge in [0.05, 0.1) is 44.0 Å². The van der Waals surface area contributed by atoms with Gasteiger partial charge in [-0.25, -0.2) is 0 Å². The van der Waals surface area contributed by atoms with Crippen LogP contribution in [0.15, 0.2) is 46.6 Å². The second kappa shape index (κ2) is 8.00. The van der Waals surface area contributed by atoms with E-state index in [2.05, 4.69) is 20.6 Å². The Bertz CT molecular complexity index is 973. The average molecular weight is 372 g/mol. The minimum Gasteiger partial charge on any atom is -0.278 e. The van der Waals surface area contributed by atoms with Crippen LogP contribution in [0.4, 0.5) is 28.4 Å². The zero-order valence-electron chi connectivity index (χ0n) is 13.1. The molecule has 27 heavy (non-hydrogen) atoms. The van der Waals surface area contributed by atoms with Crippen molar-refractivity contribution in [2.45, 2.75) is 0 Å². The van der Waals surface area contributed by atoms with E-state index in [-0.39, 0.29) is 16.9 Å². The number of nitro benzene ring substituents is 3. The van der Waals surface area contributed by atoms with E-state index >= 15 is 0 Å². The summed E-state index contributed by atoms with van der Waals surface area (Å²) in [6.45, 7) is 0. The number of hydrogen-bond acceptors (Lipinski definition) is 9. The number of rotatable bonds is 7. The molecule has 0 amide bonds. The van der Waals surface area contributed by atoms with E-state index in [1.54, 1.807) is 0 Å². The van der Waals surface area contributed by atoms with Gasteiger partial charge in [-0.05, 0) is 17.7 Å². The van der Waals surface area contributed by atoms with Crippen LogP contribution < -0.4 is 5.43 Å². The molecule has 0 saturated carbocycles. The summed E-state index contributed by atoms with van der Waals surface area (Å²) < 4.78 is 0. The first-order valence-electron chi connectivity index (χ1n) is 6.89. The van der Waals surface area contributed by atoms with E-state index in [0.717, 1.165) is 12.3 Å². The van der Waals surface area contributed by atoms with Crippen LogP contribution >= 0.6 is 0 Å². The SMILES string of the molecule is [N-]=[N+]=Nc1cc([N+](=O)[O-])cc([N+](=O)[O-])c1/C=N/Nc1ccc([N+](=O)[O-])cc1. The van der Waals surface area contributed by atoms with Gasteiger partial charge >= 0.3 is 0 Å². The number of nitrogens with one attached hydrogen (secondary N) is 1. The molecular formula is C13H8N8O6. The van der Waals surface area contributed by atoms with Crippen molar-refractivity contribution in [1.82, 2.24) is 0 Å². The number of non-ortho nitro benzene ring substituents is 2. The van der Waals surface area contributed by atoms with Gasteiger partial charge in [0.25, 0.3) is 17.1 Å². The zero-order chi connectivity index (χ0) is 20.0. The largest absolute Gasteiger partial charge is 0.285 e. The average Bonchev–Trinajstić information content (AvgIpc) is 2.62. The molecule has 0 aliphatic carbocycles. The summed E-state index contributed by atoms with van der Waals surface area (Å²) in [7, 11) is 0. The van der Waals surface area contributed by atoms with Crippen molar-refractivity contribution in [2.75, 3.05) is 5.43 Å². The van der Waals surface area contributed by atoms with Crippen molar-refractivity contribution in [1.29, 1.82) is 0 Å². The van der Waals surface area contributed by atoms with Gasteiger partial charge in [-0.2, -0.15) is 5.10 Å². The highest BCUT2D eigenvalue weighted by Crippen LogP contribution is 2.33. The number of nitro groups is 3. The molecule has 0 spiro atoms. The molecule has 14 heteroatoms. The van der Waals surface area contributed by atoms with E-state index in [1.165, 1.54) is 24.3 Å². The van der Waals surface area contributed by atoms with Gasteiger partial charge < -0.3 is 0 Å². The third-order valence-electron chi connectivity index (χ3n) is 3.15. The third-order valence-corrected chi connectivity index (χ3v) is 3.15. The summed E-state index contributed by atoms with van der Waals surface area (Å²) in [5.41, 5.74) is 9.36. The lowest BCUT2D eigenvalue weighted by Gasteiger charge is -2.03. The van der Waals surface area contributed by atoms with Crippen molar-refractivity contribution in [3.05, 3.63) is 82.7 Å². The molecule has 0 bridgehead atoms. The summed E-state index contributed by atoms with van der Waals surface area (Å²) in [5, 5.41) is 39.6. The lowest BCUT2D eigenvalue weighted by Crippen LogP contribution is -1.99. The van der Waals surface area contributed by atoms with Crippen molar-refractivity contribution in [3.8, 4) is 0 Å². The lowest BCUT2D eigenvalue weighted by atomic mass is 10.1. The Hall–Kier alpha value is -4.58. The Kier molecular flexibility index (Phi) is 5.55. The fourth-order valence-electron chi connectivity index (χ4n) is 1.96. The van der Waals surface area contributed by atoms with Crippen molar-refractivity contribution < 1.29 is 14.8 Å². The quantitative estimate of drug-likeness (QED) is 0.190. The minimum absolute atomic E-state index is 0.138. The molecule has 0 heterocycles. The summed E-state index contributed by atoms with van der Waals surface area (Å²) in [6, 6.07) is 6.74. The van der Waals surface area contributed by atoms with E-state index in [1.807, 2.05) is 0 Å². The van der Waals surface area contributed by atoms with E-state index in [4.69, 9.17) is 5.53 Å². The molecule has 136 valence electrons. The normalized spacial score (nSPS) is 10.2. The van der Waals surface area contributed by atoms with Crippen LogP contribution in [0.25, 0.3) is 10.4 Å². The van der Waals surface area contributed by atoms with Crippen molar-refractivity contribution in [3.63, 3.8) is 0 Å². The van der Waals surface area contributed by atoms with E-state index in [9.17, 15) is 30.3 Å². The number of azide groups is 1. The Morgan fingerprint density at radius 1 is 0.963 bits per heavy atom. The number of benzene rings is 2. The smallest absolute Gasteiger partial charge is 0.278 e. The molecule has 0 aromatic heterocycles. The van der Waals surface area contributed by atoms with Crippen LogP contribution in [0.1, 0.15) is 5.56 Å². The maximum absolute atomic E-state index is 11.2. The topological polar surface area (TPSA) is 203 Å². The molecule has 2 aromatic rings. The molecule has 0 saturated heterocycles. The zero-order valence-corrected chi connectivity index (χ0v) is 13.1. The van der Waals surface area contributed by atoms with Gasteiger partial charge in [-0.1, -0.05) is 5.11 Å². The predicted octanol–water partition coefficient (Wildman–Crippen LogP) is 3.80. The van der Waals surface area contributed by atoms with Crippen molar-refractivity contribution in [2.24, 2.45) is 10.2 Å². The summed E-state index contributed by atoms with van der Waals surface area (Å²) in [5.74, 6) is 0. The first kappa shape index (κ1) is 18.8. The molecule has 1 N–H and O–H groups in total. The molecule has 0 aliphatic rings. The van der Waals surface area contributed by atoms with Gasteiger partial charge in [-0.15, -0.1) is 0 Å². The predicted molar refractivity (Wildman–Crippen MR) is 92.9 cm³/mol. The van der Waals surface area contributed by atoms with Gasteiger partial charge in [0.15, 0.2) is 0 Å². The molecule has 0 radical (unpaired) electrons. The first-order chi connectivity index (χ1) is 12.8. The number of nitrogens with zero attached hydrogens (tertiary/aromatic N) is 7. The molecule has 0 aliphatic heterocycles. The molecule has 14 nitrogen and oxygen atoms in total. The molecular weight excluding hydrogens is 364 g/mol. The highest BCUT2D eigenvalue weighted by atomic mass is 16.6. The first-order valence-corrected chi connectivity index (χ1v) is 6.89. The van der Waals surface area contributed by atoms with Crippen LogP contribution in [0, 0.1) is 30.3 Å². The number of hydrogen-bond donors (Lipinski definition) is 1. The summed E-state index contributed by atoms with van der Waals surface area (Å²) in [6.07, 6.45) is 0.952. The van der Waals surface area contributed by atoms with Crippen LogP contribution in [0.2, 0.25) is 0 Å². The van der Waals surface area contributed by atoms with Gasteiger partial charge in [0.1, 0.15) is 0 Å². The minimum atomic E-state index is -0.878. The second-order valence-electron chi connectivity index (χ2n) is 4.78. The van der Waals surface area contributed by atoms with Crippen LogP contribution in [0.3, 0.4) is 0 Å². The van der Waals surface area contributed by atoms with E-state index < -0.39 is 26.1 Å². The molecule has 0 unspecified atom stereocenters. The fourth-order valence-corrected chi connectivity index (χ4v) is 1.96. The maximum Gasteiger partial charge on any atom is 0.285 e. The standard InChI is InChI=1S/C13H8N8O6/c14-18-17-12-5-10(20(24)25)6-13(21(26)27)11(12)7-15-16-8-1-3-9(4-2-8)19(22)23/h1-7,16H/b15-7+. The van der Waals surface area contributed by atoms with Crippen LogP contribution in [-0.2, 0) is 0 Å². The highest BCUT2D eigenvalue weighted by molar-refractivity contribution is 5.93. The Morgan fingerprint density at radius 3 is 2.11 bits per heavy atom. The Labute approximate surface area is 148 Å². The van der Waals surface area contributed by atoms with Gasteiger partial charge in [-0.3, -0.25) is 35.8 Å². The number of anilines is 1. The third kappa shape index (κ3) is 4.49.